The minimum absolute atomic E-state index is 0. The fourth-order valence-corrected chi connectivity index (χ4v) is 2.41. The van der Waals surface area contributed by atoms with Gasteiger partial charge in [-0.05, 0) is 57.1 Å². The summed E-state index contributed by atoms with van der Waals surface area (Å²) in [5.74, 6) is 0.793. The third-order valence-electron chi connectivity index (χ3n) is 3.50. The Labute approximate surface area is 138 Å². The number of likely N-dealkylation sites (tertiary alicyclic amines) is 1. The molecule has 6 heteroatoms. The third-order valence-corrected chi connectivity index (χ3v) is 3.50. The first-order valence-corrected chi connectivity index (χ1v) is 7.67. The molecule has 1 fully saturated rings. The number of anilines is 1. The summed E-state index contributed by atoms with van der Waals surface area (Å²) < 4.78 is 10.6. The van der Waals surface area contributed by atoms with Gasteiger partial charge in [0, 0.05) is 12.2 Å². The molecule has 0 aromatic heterocycles. The average molecular weight is 329 g/mol. The topological polar surface area (TPSA) is 50.8 Å². The maximum atomic E-state index is 11.7. The second-order valence-electron chi connectivity index (χ2n) is 5.12. The molecule has 1 aromatic rings. The Morgan fingerprint density at radius 1 is 1.18 bits per heavy atom. The number of benzene rings is 1. The highest BCUT2D eigenvalue weighted by molar-refractivity contribution is 5.85. The smallest absolute Gasteiger partial charge is 0.411 e. The van der Waals surface area contributed by atoms with E-state index in [1.165, 1.54) is 19.3 Å². The largest absolute Gasteiger partial charge is 0.494 e. The minimum atomic E-state index is -0.406. The highest BCUT2D eigenvalue weighted by atomic mass is 35.5. The number of nitrogens with one attached hydrogen (secondary N) is 1. The van der Waals surface area contributed by atoms with Gasteiger partial charge in [-0.2, -0.15) is 0 Å². The normalized spacial score (nSPS) is 14.8. The molecule has 1 amide bonds. The van der Waals surface area contributed by atoms with Gasteiger partial charge < -0.3 is 9.47 Å². The quantitative estimate of drug-likeness (QED) is 0.867. The van der Waals surface area contributed by atoms with Gasteiger partial charge in [0.05, 0.1) is 6.61 Å². The van der Waals surface area contributed by atoms with Crippen molar-refractivity contribution in [3.05, 3.63) is 24.3 Å². The Balaban J connectivity index is 0.00000242. The first kappa shape index (κ1) is 18.6. The van der Waals surface area contributed by atoms with Crippen LogP contribution in [-0.2, 0) is 4.74 Å². The molecule has 1 N–H and O–H groups in total. The van der Waals surface area contributed by atoms with Crippen LogP contribution < -0.4 is 10.1 Å². The number of carbonyl (C=O) groups is 1. The van der Waals surface area contributed by atoms with Crippen molar-refractivity contribution in [1.82, 2.24) is 4.90 Å². The SMILES string of the molecule is CCOc1ccc(NC(=O)OCCN2CCCCC2)cc1.Cl. The predicted octanol–water partition coefficient (Wildman–Crippen LogP) is 3.54. The summed E-state index contributed by atoms with van der Waals surface area (Å²) in [6.07, 6.45) is 3.41. The van der Waals surface area contributed by atoms with Gasteiger partial charge in [-0.3, -0.25) is 10.2 Å². The van der Waals surface area contributed by atoms with Gasteiger partial charge in [0.25, 0.3) is 0 Å². The Morgan fingerprint density at radius 2 is 1.86 bits per heavy atom. The van der Waals surface area contributed by atoms with Crippen LogP contribution in [0.3, 0.4) is 0 Å². The van der Waals surface area contributed by atoms with Crippen LogP contribution in [0.4, 0.5) is 10.5 Å². The fraction of sp³-hybridized carbons (Fsp3) is 0.562. The highest BCUT2D eigenvalue weighted by Crippen LogP contribution is 2.15. The van der Waals surface area contributed by atoms with Crippen molar-refractivity contribution in [1.29, 1.82) is 0 Å². The summed E-state index contributed by atoms with van der Waals surface area (Å²) in [6.45, 7) is 6.05. The molecule has 1 saturated heterocycles. The molecule has 2 rings (SSSR count). The zero-order valence-electron chi connectivity index (χ0n) is 13.0. The van der Waals surface area contributed by atoms with Crippen LogP contribution in [0.2, 0.25) is 0 Å². The number of ether oxygens (including phenoxy) is 2. The van der Waals surface area contributed by atoms with Gasteiger partial charge in [0.2, 0.25) is 0 Å². The average Bonchev–Trinajstić information content (AvgIpc) is 2.51. The van der Waals surface area contributed by atoms with Crippen molar-refractivity contribution < 1.29 is 14.3 Å². The van der Waals surface area contributed by atoms with Crippen molar-refractivity contribution in [2.24, 2.45) is 0 Å². The molecule has 5 nitrogen and oxygen atoms in total. The van der Waals surface area contributed by atoms with E-state index in [9.17, 15) is 4.79 Å². The molecule has 1 aliphatic rings. The maximum absolute atomic E-state index is 11.7. The van der Waals surface area contributed by atoms with E-state index in [4.69, 9.17) is 9.47 Å². The molecule has 1 aliphatic heterocycles. The second-order valence-corrected chi connectivity index (χ2v) is 5.12. The minimum Gasteiger partial charge on any atom is -0.494 e. The van der Waals surface area contributed by atoms with Crippen molar-refractivity contribution in [2.45, 2.75) is 26.2 Å². The molecule has 0 saturated carbocycles. The maximum Gasteiger partial charge on any atom is 0.411 e. The zero-order chi connectivity index (χ0) is 14.9. The van der Waals surface area contributed by atoms with E-state index >= 15 is 0 Å². The molecule has 0 spiro atoms. The predicted molar refractivity (Wildman–Crippen MR) is 90.1 cm³/mol. The summed E-state index contributed by atoms with van der Waals surface area (Å²) in [6, 6.07) is 7.26. The lowest BCUT2D eigenvalue weighted by Gasteiger charge is -2.25. The highest BCUT2D eigenvalue weighted by Gasteiger charge is 2.10. The number of amides is 1. The van der Waals surface area contributed by atoms with Crippen LogP contribution in [0.25, 0.3) is 0 Å². The van der Waals surface area contributed by atoms with E-state index in [2.05, 4.69) is 10.2 Å². The summed E-state index contributed by atoms with van der Waals surface area (Å²) in [7, 11) is 0. The van der Waals surface area contributed by atoms with Gasteiger partial charge in [0.1, 0.15) is 12.4 Å². The summed E-state index contributed by atoms with van der Waals surface area (Å²) >= 11 is 0. The third kappa shape index (κ3) is 6.54. The van der Waals surface area contributed by atoms with Crippen LogP contribution >= 0.6 is 12.4 Å². The monoisotopic (exact) mass is 328 g/mol. The number of piperidine rings is 1. The molecule has 0 radical (unpaired) electrons. The van der Waals surface area contributed by atoms with Gasteiger partial charge in [-0.15, -0.1) is 12.4 Å². The number of nitrogens with zero attached hydrogens (tertiary/aromatic N) is 1. The molecule has 0 atom stereocenters. The van der Waals surface area contributed by atoms with Crippen LogP contribution in [0.5, 0.6) is 5.75 Å². The number of halogens is 1. The van der Waals surface area contributed by atoms with Gasteiger partial charge in [-0.25, -0.2) is 4.79 Å². The van der Waals surface area contributed by atoms with Gasteiger partial charge >= 0.3 is 6.09 Å². The van der Waals surface area contributed by atoms with Crippen molar-refractivity contribution in [2.75, 3.05) is 38.2 Å². The van der Waals surface area contributed by atoms with E-state index in [0.717, 1.165) is 25.4 Å². The molecule has 1 heterocycles. The standard InChI is InChI=1S/C16H24N2O3.ClH/c1-2-20-15-8-6-14(7-9-15)17-16(19)21-13-12-18-10-4-3-5-11-18;/h6-9H,2-5,10-13H2,1H3,(H,17,19);1H. The molecule has 124 valence electrons. The van der Waals surface area contributed by atoms with Crippen molar-refractivity contribution in [3.8, 4) is 5.75 Å². The van der Waals surface area contributed by atoms with Gasteiger partial charge in [0.15, 0.2) is 0 Å². The first-order chi connectivity index (χ1) is 10.3. The van der Waals surface area contributed by atoms with Crippen LogP contribution in [0, 0.1) is 0 Å². The van der Waals surface area contributed by atoms with E-state index in [-0.39, 0.29) is 12.4 Å². The lowest BCUT2D eigenvalue weighted by molar-refractivity contribution is 0.131. The Kier molecular flexibility index (Phi) is 8.70. The Morgan fingerprint density at radius 3 is 2.50 bits per heavy atom. The van der Waals surface area contributed by atoms with Crippen LogP contribution in [0.1, 0.15) is 26.2 Å². The molecule has 1 aromatic carbocycles. The van der Waals surface area contributed by atoms with Crippen LogP contribution in [0.15, 0.2) is 24.3 Å². The first-order valence-electron chi connectivity index (χ1n) is 7.67. The summed E-state index contributed by atoms with van der Waals surface area (Å²) in [5.41, 5.74) is 0.710. The number of carbonyl (C=O) groups excluding carboxylic acids is 1. The molecule has 0 bridgehead atoms. The van der Waals surface area contributed by atoms with E-state index in [1.807, 2.05) is 19.1 Å². The number of hydrogen-bond donors (Lipinski definition) is 1. The van der Waals surface area contributed by atoms with Crippen molar-refractivity contribution >= 4 is 24.2 Å². The van der Waals surface area contributed by atoms with E-state index < -0.39 is 6.09 Å². The summed E-state index contributed by atoms with van der Waals surface area (Å²) in [4.78, 5) is 14.0. The van der Waals surface area contributed by atoms with Gasteiger partial charge in [-0.1, -0.05) is 6.42 Å². The molecule has 22 heavy (non-hydrogen) atoms. The number of rotatable bonds is 6. The number of hydrogen-bond acceptors (Lipinski definition) is 4. The summed E-state index contributed by atoms with van der Waals surface area (Å²) in [5, 5.41) is 2.71. The van der Waals surface area contributed by atoms with E-state index in [1.54, 1.807) is 12.1 Å². The van der Waals surface area contributed by atoms with Crippen LogP contribution in [-0.4, -0.2) is 43.8 Å². The fourth-order valence-electron chi connectivity index (χ4n) is 2.41. The molecular weight excluding hydrogens is 304 g/mol. The molecule has 0 unspecified atom stereocenters. The van der Waals surface area contributed by atoms with E-state index in [0.29, 0.717) is 18.9 Å². The Hall–Kier alpha value is -1.46. The Bertz CT molecular complexity index is 434. The lowest BCUT2D eigenvalue weighted by Crippen LogP contribution is -2.33. The zero-order valence-corrected chi connectivity index (χ0v) is 13.9. The second kappa shape index (κ2) is 10.3. The molecule has 0 aliphatic carbocycles. The molecular formula is C16H25ClN2O3. The van der Waals surface area contributed by atoms with Crippen molar-refractivity contribution in [3.63, 3.8) is 0 Å². The lowest BCUT2D eigenvalue weighted by atomic mass is 10.1.